The first-order valence-electron chi connectivity index (χ1n) is 4.73. The number of hydrogen-bond donors (Lipinski definition) is 0. The largest absolute Gasteiger partial charge is 0.467 e. The average Bonchev–Trinajstić information content (AvgIpc) is 2.68. The van der Waals surface area contributed by atoms with Crippen LogP contribution in [0.15, 0.2) is 0 Å². The van der Waals surface area contributed by atoms with Gasteiger partial charge in [-0.3, -0.25) is 0 Å². The lowest BCUT2D eigenvalue weighted by Crippen LogP contribution is -2.48. The fourth-order valence-corrected chi connectivity index (χ4v) is 3.38. The molecule has 0 N–H and O–H groups in total. The van der Waals surface area contributed by atoms with Gasteiger partial charge in [-0.15, -0.1) is 0 Å². The van der Waals surface area contributed by atoms with E-state index in [2.05, 4.69) is 4.74 Å². The highest BCUT2D eigenvalue weighted by atomic mass is 32.2. The number of hydrogen-bond acceptors (Lipinski definition) is 5. The monoisotopic (exact) mass is 234 g/mol. The summed E-state index contributed by atoms with van der Waals surface area (Å²) in [5, 5.41) is -0.371. The number of sulfone groups is 1. The van der Waals surface area contributed by atoms with E-state index in [1.165, 1.54) is 13.4 Å². The zero-order valence-corrected chi connectivity index (χ0v) is 9.76. The molecule has 1 unspecified atom stereocenters. The summed E-state index contributed by atoms with van der Waals surface area (Å²) < 4.78 is 32.4. The van der Waals surface area contributed by atoms with Crippen LogP contribution in [0, 0.1) is 0 Å². The van der Waals surface area contributed by atoms with E-state index < -0.39 is 27.0 Å². The molecule has 2 rings (SSSR count). The van der Waals surface area contributed by atoms with Gasteiger partial charge in [0.25, 0.3) is 0 Å². The van der Waals surface area contributed by atoms with Crippen LogP contribution in [0.3, 0.4) is 0 Å². The van der Waals surface area contributed by atoms with Crippen LogP contribution in [0.1, 0.15) is 19.8 Å². The number of esters is 1. The van der Waals surface area contributed by atoms with Crippen LogP contribution in [-0.2, 0) is 24.1 Å². The van der Waals surface area contributed by atoms with Crippen LogP contribution in [0.25, 0.3) is 0 Å². The van der Waals surface area contributed by atoms with Gasteiger partial charge < -0.3 is 9.47 Å². The van der Waals surface area contributed by atoms with Gasteiger partial charge in [0, 0.05) is 6.26 Å². The van der Waals surface area contributed by atoms with Crippen LogP contribution in [0.4, 0.5) is 0 Å². The maximum absolute atomic E-state index is 11.4. The van der Waals surface area contributed by atoms with Crippen LogP contribution in [0.5, 0.6) is 0 Å². The van der Waals surface area contributed by atoms with Crippen molar-refractivity contribution in [3.8, 4) is 0 Å². The Labute approximate surface area is 88.7 Å². The van der Waals surface area contributed by atoms with Gasteiger partial charge in [-0.25, -0.2) is 13.2 Å². The van der Waals surface area contributed by atoms with E-state index in [1.807, 2.05) is 0 Å². The average molecular weight is 234 g/mol. The van der Waals surface area contributed by atoms with E-state index in [-0.39, 0.29) is 5.25 Å². The van der Waals surface area contributed by atoms with Gasteiger partial charge >= 0.3 is 5.97 Å². The van der Waals surface area contributed by atoms with Gasteiger partial charge in [-0.2, -0.15) is 0 Å². The quantitative estimate of drug-likeness (QED) is 0.492. The number of ether oxygens (including phenoxy) is 2. The summed E-state index contributed by atoms with van der Waals surface area (Å²) in [6.07, 6.45) is 2.01. The Hall–Kier alpha value is -0.620. The second kappa shape index (κ2) is 2.74. The van der Waals surface area contributed by atoms with Crippen LogP contribution < -0.4 is 0 Å². The number of epoxide rings is 1. The Morgan fingerprint density at radius 1 is 1.47 bits per heavy atom. The molecule has 0 bridgehead atoms. The SMILES string of the molecule is COC(=O)C1(C)OC12CC(S(C)(=O)=O)C2. The van der Waals surface area contributed by atoms with Gasteiger partial charge in [0.1, 0.15) is 5.60 Å². The topological polar surface area (TPSA) is 73.0 Å². The fourth-order valence-electron chi connectivity index (χ4n) is 2.24. The third-order valence-corrected chi connectivity index (χ3v) is 5.07. The maximum Gasteiger partial charge on any atom is 0.340 e. The number of carbonyl (C=O) groups is 1. The Morgan fingerprint density at radius 2 is 2.00 bits per heavy atom. The Balaban J connectivity index is 2.05. The van der Waals surface area contributed by atoms with Crippen molar-refractivity contribution in [2.75, 3.05) is 13.4 Å². The summed E-state index contributed by atoms with van der Waals surface area (Å²) >= 11 is 0. The third kappa shape index (κ3) is 1.31. The van der Waals surface area contributed by atoms with Crippen molar-refractivity contribution in [1.29, 1.82) is 0 Å². The van der Waals surface area contributed by atoms with Crippen molar-refractivity contribution in [1.82, 2.24) is 0 Å². The molecule has 2 fully saturated rings. The molecule has 6 heteroatoms. The molecule has 0 radical (unpaired) electrons. The minimum absolute atomic E-state index is 0.371. The standard InChI is InChI=1S/C9H14O5S/c1-8(7(10)13-2)9(14-8)4-6(5-9)15(3,11)12/h6H,4-5H2,1-3H3. The first kappa shape index (κ1) is 10.9. The molecule has 1 spiro atoms. The van der Waals surface area contributed by atoms with Crippen molar-refractivity contribution in [2.45, 2.75) is 36.2 Å². The summed E-state index contributed by atoms with van der Waals surface area (Å²) in [4.78, 5) is 11.4. The second-order valence-electron chi connectivity index (χ2n) is 4.48. The normalized spacial score (nSPS) is 43.5. The highest BCUT2D eigenvalue weighted by molar-refractivity contribution is 7.91. The zero-order chi connectivity index (χ0) is 11.5. The van der Waals surface area contributed by atoms with Crippen molar-refractivity contribution >= 4 is 15.8 Å². The zero-order valence-electron chi connectivity index (χ0n) is 8.94. The van der Waals surface area contributed by atoms with Crippen molar-refractivity contribution in [3.63, 3.8) is 0 Å². The minimum atomic E-state index is -3.01. The Kier molecular flexibility index (Phi) is 1.98. The molecule has 0 aromatic heterocycles. The van der Waals surface area contributed by atoms with Gasteiger partial charge in [0.2, 0.25) is 0 Å². The first-order chi connectivity index (χ1) is 6.75. The summed E-state index contributed by atoms with van der Waals surface area (Å²) in [6, 6.07) is 0. The molecule has 1 saturated heterocycles. The van der Waals surface area contributed by atoms with Crippen LogP contribution in [0.2, 0.25) is 0 Å². The van der Waals surface area contributed by atoms with E-state index in [1.54, 1.807) is 6.92 Å². The summed E-state index contributed by atoms with van der Waals surface area (Å²) in [7, 11) is -1.71. The van der Waals surface area contributed by atoms with E-state index in [0.717, 1.165) is 0 Å². The van der Waals surface area contributed by atoms with Crippen molar-refractivity contribution < 1.29 is 22.7 Å². The summed E-state index contributed by atoms with van der Waals surface area (Å²) in [6.45, 7) is 1.65. The molecule has 0 aromatic rings. The van der Waals surface area contributed by atoms with Crippen molar-refractivity contribution in [3.05, 3.63) is 0 Å². The predicted octanol–water partition coefficient (Wildman–Crippen LogP) is -0.106. The first-order valence-corrected chi connectivity index (χ1v) is 6.68. The van der Waals surface area contributed by atoms with E-state index >= 15 is 0 Å². The highest BCUT2D eigenvalue weighted by Crippen LogP contribution is 2.61. The number of rotatable bonds is 2. The molecular weight excluding hydrogens is 220 g/mol. The van der Waals surface area contributed by atoms with Crippen LogP contribution in [-0.4, -0.2) is 44.2 Å². The molecule has 2 aliphatic rings. The molecule has 15 heavy (non-hydrogen) atoms. The molecule has 0 aromatic carbocycles. The van der Waals surface area contributed by atoms with Crippen molar-refractivity contribution in [2.24, 2.45) is 0 Å². The summed E-state index contributed by atoms with van der Waals surface area (Å²) in [5.74, 6) is -0.422. The molecule has 86 valence electrons. The van der Waals surface area contributed by atoms with Crippen LogP contribution >= 0.6 is 0 Å². The fraction of sp³-hybridized carbons (Fsp3) is 0.889. The predicted molar refractivity (Wildman–Crippen MR) is 52.1 cm³/mol. The number of methoxy groups -OCH3 is 1. The van der Waals surface area contributed by atoms with Gasteiger partial charge in [0.05, 0.1) is 12.4 Å². The summed E-state index contributed by atoms with van der Waals surface area (Å²) in [5.41, 5.74) is -1.50. The molecule has 1 heterocycles. The molecule has 1 aliphatic heterocycles. The maximum atomic E-state index is 11.4. The van der Waals surface area contributed by atoms with E-state index in [0.29, 0.717) is 12.8 Å². The lowest BCUT2D eigenvalue weighted by atomic mass is 9.76. The van der Waals surface area contributed by atoms with Gasteiger partial charge in [-0.05, 0) is 19.8 Å². The molecule has 5 nitrogen and oxygen atoms in total. The Morgan fingerprint density at radius 3 is 2.40 bits per heavy atom. The lowest BCUT2D eigenvalue weighted by molar-refractivity contribution is -0.146. The van der Waals surface area contributed by atoms with E-state index in [4.69, 9.17) is 4.74 Å². The Bertz CT molecular complexity index is 406. The van der Waals surface area contributed by atoms with Gasteiger partial charge in [0.15, 0.2) is 15.4 Å². The molecule has 1 saturated carbocycles. The second-order valence-corrected chi connectivity index (χ2v) is 6.81. The third-order valence-electron chi connectivity index (χ3n) is 3.52. The van der Waals surface area contributed by atoms with Gasteiger partial charge in [-0.1, -0.05) is 0 Å². The van der Waals surface area contributed by atoms with E-state index in [9.17, 15) is 13.2 Å². The molecule has 0 amide bonds. The molecule has 1 atom stereocenters. The lowest BCUT2D eigenvalue weighted by Gasteiger charge is -2.32. The molecule has 1 aliphatic carbocycles. The minimum Gasteiger partial charge on any atom is -0.467 e. The highest BCUT2D eigenvalue weighted by Gasteiger charge is 2.78. The molecular formula is C9H14O5S. The smallest absolute Gasteiger partial charge is 0.340 e. The number of carbonyl (C=O) groups excluding carboxylic acids is 1.